The van der Waals surface area contributed by atoms with Crippen LogP contribution in [0.15, 0.2) is 504 Å². The summed E-state index contributed by atoms with van der Waals surface area (Å²) in [5.41, 5.74) is 34.9. The Morgan fingerprint density at radius 3 is 0.872 bits per heavy atom. The number of fused-ring (bicyclic) bond motifs is 20. The normalized spacial score (nSPS) is 11.2. The quantitative estimate of drug-likeness (QED) is 0.106. The van der Waals surface area contributed by atoms with Crippen LogP contribution in [0.5, 0.6) is 0 Å². The molecule has 0 saturated heterocycles. The molecule has 0 bridgehead atoms. The van der Waals surface area contributed by atoms with Gasteiger partial charge >= 0.3 is 0 Å². The van der Waals surface area contributed by atoms with Crippen molar-refractivity contribution in [2.24, 2.45) is 0 Å². The van der Waals surface area contributed by atoms with Crippen LogP contribution in [0.25, 0.3) is 269 Å². The number of rotatable bonds is 12. The van der Waals surface area contributed by atoms with E-state index in [4.69, 9.17) is 29.5 Å². The molecule has 8 heterocycles. The molecule has 0 unspecified atom stereocenters. The van der Waals surface area contributed by atoms with Crippen LogP contribution < -0.4 is 0 Å². The average molecular weight is 1890 g/mol. The van der Waals surface area contributed by atoms with E-state index in [0.29, 0.717) is 22.5 Å². The molecule has 28 rings (SSSR count). The standard InChI is InChI=1S/4C34H20N2O/c1-35-26-16-17-36-31(20-26)25-11-7-10-23(18-25)24-14-15-29-32(19-24)37-33-21-30(22-8-3-2-4-9-22)27-12-5-6-13-28(27)34(29)33;35-19-22-16-27(21-36-20-22)24-12-10-23(11-13-24)26-14-15-30-32(17-26)37-33-18-31(25-6-2-1-3-7-25)28-8-4-5-9-29(28)34(30)33;35-21-22-16-17-36-31(18-22)25-12-10-23(11-13-25)26-14-15-29-32(19-26)37-33-20-30(24-6-2-1-3-7-24)27-8-4-5-9-28(27)34(29)33;35-21-27-18-26(16-17-36-27)23-12-10-22(11-13-23)25-14-15-30-32(19-25)37-33-20-31(24-6-2-1-3-7-24)28-8-4-5-9-29(28)34(30)33/h2-21H;1-18,20-21H;2*1-20H. The maximum atomic E-state index is 9.19. The summed E-state index contributed by atoms with van der Waals surface area (Å²) < 4.78 is 25.9. The third-order valence-electron chi connectivity index (χ3n) is 27.9. The van der Waals surface area contributed by atoms with E-state index < -0.39 is 0 Å². The van der Waals surface area contributed by atoms with E-state index in [1.165, 1.54) is 87.6 Å². The lowest BCUT2D eigenvalue weighted by atomic mass is 9.94. The van der Waals surface area contributed by atoms with Gasteiger partial charge in [-0.15, -0.1) is 0 Å². The second-order valence-electron chi connectivity index (χ2n) is 36.6. The molecule has 148 heavy (non-hydrogen) atoms. The molecular weight excluding hydrogens is 1810 g/mol. The largest absolute Gasteiger partial charge is 0.456 e. The highest BCUT2D eigenvalue weighted by Gasteiger charge is 2.23. The van der Waals surface area contributed by atoms with Gasteiger partial charge in [0.15, 0.2) is 5.69 Å². The minimum absolute atomic E-state index is 0.417. The summed E-state index contributed by atoms with van der Waals surface area (Å²) in [4.78, 5) is 20.7. The van der Waals surface area contributed by atoms with E-state index in [0.717, 1.165) is 177 Å². The van der Waals surface area contributed by atoms with Gasteiger partial charge in [-0.3, -0.25) is 15.0 Å². The summed E-state index contributed by atoms with van der Waals surface area (Å²) in [6, 6.07) is 163. The van der Waals surface area contributed by atoms with Gasteiger partial charge in [0.1, 0.15) is 62.5 Å². The molecule has 0 saturated carbocycles. The number of nitrogens with zero attached hydrogens (tertiary/aromatic N) is 8. The SMILES string of the molecule is N#Cc1cc(-c2ccc(-c3ccc4c(c3)oc3cc(-c5ccccc5)c5ccccc5c34)cc2)ccn1.N#Cc1ccnc(-c2ccc(-c3ccc4c(c3)oc3cc(-c5ccccc5)c5ccccc5c34)cc2)c1.N#Cc1cncc(-c2ccc(-c3ccc4c(c3)oc3cc(-c5ccccc5)c5ccccc5c34)cc2)c1.[C-]#[N+]c1ccnc(-c2cccc(-c3ccc4c(c3)oc3cc(-c5ccccc5)c5ccccc5c34)c2)c1. The molecule has 0 atom stereocenters. The minimum atomic E-state index is 0.417. The fraction of sp³-hybridized carbons (Fsp3) is 0. The molecule has 20 aromatic carbocycles. The van der Waals surface area contributed by atoms with Crippen molar-refractivity contribution in [1.82, 2.24) is 19.9 Å². The molecule has 0 radical (unpaired) electrons. The number of nitriles is 3. The van der Waals surface area contributed by atoms with Crippen molar-refractivity contribution in [3.05, 3.63) is 514 Å². The predicted octanol–water partition coefficient (Wildman–Crippen LogP) is 36.7. The molecule has 12 nitrogen and oxygen atoms in total. The van der Waals surface area contributed by atoms with E-state index in [1.807, 2.05) is 78.9 Å². The van der Waals surface area contributed by atoms with E-state index in [2.05, 4.69) is 407 Å². The highest BCUT2D eigenvalue weighted by molar-refractivity contribution is 6.26. The summed E-state index contributed by atoms with van der Waals surface area (Å²) in [5, 5.41) is 46.2. The summed E-state index contributed by atoms with van der Waals surface area (Å²) in [7, 11) is 0. The van der Waals surface area contributed by atoms with Crippen molar-refractivity contribution >= 4 is 137 Å². The molecule has 12 heteroatoms. The van der Waals surface area contributed by atoms with Crippen LogP contribution in [-0.4, -0.2) is 19.9 Å². The zero-order valence-electron chi connectivity index (χ0n) is 79.4. The van der Waals surface area contributed by atoms with Crippen molar-refractivity contribution < 1.29 is 17.7 Å². The Kier molecular flexibility index (Phi) is 22.9. The summed E-state index contributed by atoms with van der Waals surface area (Å²) in [5.74, 6) is 0. The molecule has 0 aliphatic heterocycles. The highest BCUT2D eigenvalue weighted by Crippen LogP contribution is 2.48. The van der Waals surface area contributed by atoms with Gasteiger partial charge in [-0.1, -0.05) is 334 Å². The first-order valence-electron chi connectivity index (χ1n) is 48.7. The smallest absolute Gasteiger partial charge is 0.190 e. The van der Waals surface area contributed by atoms with Crippen LogP contribution in [0, 0.1) is 40.6 Å². The molecular formula is C136H80N8O4. The second-order valence-corrected chi connectivity index (χ2v) is 36.6. The number of hydrogen-bond donors (Lipinski definition) is 0. The van der Waals surface area contributed by atoms with Crippen LogP contribution in [0.3, 0.4) is 0 Å². The van der Waals surface area contributed by atoms with Gasteiger partial charge in [-0.25, -0.2) is 9.83 Å². The highest BCUT2D eigenvalue weighted by atomic mass is 16.3. The second kappa shape index (κ2) is 38.3. The molecule has 0 N–H and O–H groups in total. The number of pyridine rings is 4. The van der Waals surface area contributed by atoms with Crippen LogP contribution in [0.4, 0.5) is 5.69 Å². The molecule has 0 fully saturated rings. The summed E-state index contributed by atoms with van der Waals surface area (Å²) in [6.45, 7) is 7.30. The number of benzene rings is 20. The topological polar surface area (TPSA) is 180 Å². The van der Waals surface area contributed by atoms with Crippen LogP contribution in [0.1, 0.15) is 16.8 Å². The zero-order valence-corrected chi connectivity index (χ0v) is 79.4. The van der Waals surface area contributed by atoms with E-state index >= 15 is 0 Å². The van der Waals surface area contributed by atoms with Gasteiger partial charge < -0.3 is 17.7 Å². The van der Waals surface area contributed by atoms with Crippen molar-refractivity contribution in [3.63, 3.8) is 0 Å². The Hall–Kier alpha value is -20.8. The molecule has 0 aliphatic carbocycles. The van der Waals surface area contributed by atoms with E-state index in [9.17, 15) is 10.5 Å². The van der Waals surface area contributed by atoms with E-state index in [-0.39, 0.29) is 0 Å². The van der Waals surface area contributed by atoms with Crippen molar-refractivity contribution in [2.75, 3.05) is 0 Å². The van der Waals surface area contributed by atoms with Crippen LogP contribution in [0.2, 0.25) is 0 Å². The van der Waals surface area contributed by atoms with Gasteiger partial charge in [0.05, 0.1) is 35.2 Å². The Bertz CT molecular complexity index is 9580. The molecule has 0 aliphatic rings. The Labute approximate surface area is 850 Å². The lowest BCUT2D eigenvalue weighted by molar-refractivity contribution is 0.669. The van der Waals surface area contributed by atoms with Crippen LogP contribution in [-0.2, 0) is 0 Å². The molecule has 8 aromatic heterocycles. The first-order chi connectivity index (χ1) is 73.1. The molecule has 0 amide bonds. The number of furan rings is 4. The summed E-state index contributed by atoms with van der Waals surface area (Å²) >= 11 is 0. The number of hydrogen-bond acceptors (Lipinski definition) is 11. The fourth-order valence-electron chi connectivity index (χ4n) is 20.7. The predicted molar refractivity (Wildman–Crippen MR) is 602 cm³/mol. The monoisotopic (exact) mass is 1890 g/mol. The zero-order chi connectivity index (χ0) is 99.1. The first kappa shape index (κ1) is 88.6. The Balaban J connectivity index is 0.000000103. The summed E-state index contributed by atoms with van der Waals surface area (Å²) in [6.07, 6.45) is 8.38. The maximum absolute atomic E-state index is 9.19. The number of aromatic nitrogens is 4. The fourth-order valence-corrected chi connectivity index (χ4v) is 20.7. The third-order valence-corrected chi connectivity index (χ3v) is 27.9. The average Bonchev–Trinajstić information content (AvgIpc) is 1.60. The van der Waals surface area contributed by atoms with Gasteiger partial charge in [0, 0.05) is 85.2 Å². The van der Waals surface area contributed by atoms with E-state index in [1.54, 1.807) is 43.1 Å². The molecule has 0 spiro atoms. The van der Waals surface area contributed by atoms with Crippen molar-refractivity contribution in [3.8, 4) is 152 Å². The van der Waals surface area contributed by atoms with Gasteiger partial charge in [-0.05, 0) is 276 Å². The molecule has 688 valence electrons. The van der Waals surface area contributed by atoms with Gasteiger partial charge in [0.25, 0.3) is 0 Å². The minimum Gasteiger partial charge on any atom is -0.456 e. The first-order valence-corrected chi connectivity index (χ1v) is 48.7. The third kappa shape index (κ3) is 16.8. The Morgan fingerprint density at radius 2 is 0.500 bits per heavy atom. The van der Waals surface area contributed by atoms with Gasteiger partial charge in [-0.2, -0.15) is 15.8 Å². The van der Waals surface area contributed by atoms with Crippen LogP contribution >= 0.6 is 0 Å². The van der Waals surface area contributed by atoms with Crippen molar-refractivity contribution in [2.45, 2.75) is 0 Å². The maximum Gasteiger partial charge on any atom is 0.190 e. The van der Waals surface area contributed by atoms with Gasteiger partial charge in [0.2, 0.25) is 0 Å². The Morgan fingerprint density at radius 1 is 0.196 bits per heavy atom. The lowest BCUT2D eigenvalue weighted by Crippen LogP contribution is -1.85. The molecule has 28 aromatic rings. The van der Waals surface area contributed by atoms with Crippen molar-refractivity contribution in [1.29, 1.82) is 15.8 Å². The lowest BCUT2D eigenvalue weighted by Gasteiger charge is -2.08.